The lowest BCUT2D eigenvalue weighted by Crippen LogP contribution is -2.09. The van der Waals surface area contributed by atoms with Crippen LogP contribution in [0.4, 0.5) is 5.00 Å². The van der Waals surface area contributed by atoms with Crippen molar-refractivity contribution in [3.05, 3.63) is 78.6 Å². The quantitative estimate of drug-likeness (QED) is 0.268. The van der Waals surface area contributed by atoms with E-state index in [0.29, 0.717) is 38.7 Å². The van der Waals surface area contributed by atoms with Gasteiger partial charge >= 0.3 is 5.97 Å². The Bertz CT molecular complexity index is 1190. The monoisotopic (exact) mass is 531 g/mol. The summed E-state index contributed by atoms with van der Waals surface area (Å²) in [6.45, 7) is 2.13. The number of fused-ring (bicyclic) bond motifs is 1. The molecule has 0 saturated heterocycles. The SMILES string of the molecule is CCOC(=O)c1c(N=Cc2cc(Cc3ccccc3Cl)cc(Br)c2O)sc2c1CCCC2. The number of carbonyl (C=O) groups excluding carboxylic acids is 1. The first-order valence-electron chi connectivity index (χ1n) is 10.6. The van der Waals surface area contributed by atoms with Crippen molar-refractivity contribution < 1.29 is 14.6 Å². The molecular formula is C25H23BrClNO3S. The molecule has 3 aromatic rings. The van der Waals surface area contributed by atoms with Crippen LogP contribution in [0.2, 0.25) is 5.02 Å². The van der Waals surface area contributed by atoms with Crippen molar-refractivity contribution in [3.8, 4) is 5.75 Å². The second-order valence-corrected chi connectivity index (χ2v) is 10.00. The maximum atomic E-state index is 12.7. The van der Waals surface area contributed by atoms with Gasteiger partial charge in [-0.05, 0) is 89.8 Å². The lowest BCUT2D eigenvalue weighted by atomic mass is 9.95. The van der Waals surface area contributed by atoms with Crippen LogP contribution in [0.15, 0.2) is 45.9 Å². The van der Waals surface area contributed by atoms with Crippen LogP contribution < -0.4 is 0 Å². The highest BCUT2D eigenvalue weighted by molar-refractivity contribution is 9.10. The third-order valence-corrected chi connectivity index (χ3v) is 7.63. The van der Waals surface area contributed by atoms with E-state index >= 15 is 0 Å². The van der Waals surface area contributed by atoms with E-state index in [9.17, 15) is 9.90 Å². The van der Waals surface area contributed by atoms with E-state index in [2.05, 4.69) is 20.9 Å². The fraction of sp³-hybridized carbons (Fsp3) is 0.280. The van der Waals surface area contributed by atoms with Crippen molar-refractivity contribution in [2.75, 3.05) is 6.61 Å². The molecular weight excluding hydrogens is 510 g/mol. The van der Waals surface area contributed by atoms with E-state index in [1.165, 1.54) is 4.88 Å². The average molecular weight is 533 g/mol. The highest BCUT2D eigenvalue weighted by Gasteiger charge is 2.26. The molecule has 1 aromatic heterocycles. The summed E-state index contributed by atoms with van der Waals surface area (Å²) in [6.07, 6.45) is 6.27. The molecule has 0 unspecified atom stereocenters. The van der Waals surface area contributed by atoms with E-state index in [4.69, 9.17) is 16.3 Å². The minimum atomic E-state index is -0.322. The van der Waals surface area contributed by atoms with E-state index in [1.54, 1.807) is 24.5 Å². The van der Waals surface area contributed by atoms with Crippen LogP contribution in [0, 0.1) is 0 Å². The molecule has 0 aliphatic heterocycles. The van der Waals surface area contributed by atoms with Gasteiger partial charge in [0.05, 0.1) is 16.6 Å². The normalized spacial score (nSPS) is 13.3. The number of nitrogens with zero attached hydrogens (tertiary/aromatic N) is 1. The molecule has 4 rings (SSSR count). The summed E-state index contributed by atoms with van der Waals surface area (Å²) >= 11 is 11.3. The van der Waals surface area contributed by atoms with Gasteiger partial charge in [0.2, 0.25) is 0 Å². The number of esters is 1. The highest BCUT2D eigenvalue weighted by atomic mass is 79.9. The van der Waals surface area contributed by atoms with Crippen LogP contribution in [0.3, 0.4) is 0 Å². The number of hydrogen-bond donors (Lipinski definition) is 1. The maximum Gasteiger partial charge on any atom is 0.341 e. The molecule has 0 saturated carbocycles. The van der Waals surface area contributed by atoms with Gasteiger partial charge in [-0.15, -0.1) is 11.3 Å². The van der Waals surface area contributed by atoms with E-state index in [1.807, 2.05) is 36.4 Å². The fourth-order valence-corrected chi connectivity index (χ4v) is 5.87. The summed E-state index contributed by atoms with van der Waals surface area (Å²) in [7, 11) is 0. The highest BCUT2D eigenvalue weighted by Crippen LogP contribution is 2.40. The smallest absolute Gasteiger partial charge is 0.341 e. The summed E-state index contributed by atoms with van der Waals surface area (Å²) in [5.41, 5.74) is 4.21. The predicted octanol–water partition coefficient (Wildman–Crippen LogP) is 7.27. The van der Waals surface area contributed by atoms with Crippen molar-refractivity contribution in [3.63, 3.8) is 0 Å². The molecule has 0 bridgehead atoms. The fourth-order valence-electron chi connectivity index (χ4n) is 3.93. The topological polar surface area (TPSA) is 58.9 Å². The van der Waals surface area contributed by atoms with E-state index < -0.39 is 0 Å². The number of phenols is 1. The van der Waals surface area contributed by atoms with Crippen LogP contribution in [0.1, 0.15) is 57.3 Å². The molecule has 0 fully saturated rings. The van der Waals surface area contributed by atoms with Crippen LogP contribution in [0.5, 0.6) is 5.75 Å². The van der Waals surface area contributed by atoms with Gasteiger partial charge in [-0.1, -0.05) is 29.8 Å². The Morgan fingerprint density at radius 3 is 2.84 bits per heavy atom. The van der Waals surface area contributed by atoms with Gasteiger partial charge in [-0.3, -0.25) is 0 Å². The zero-order valence-corrected chi connectivity index (χ0v) is 20.8. The minimum absolute atomic E-state index is 0.107. The Morgan fingerprint density at radius 2 is 2.06 bits per heavy atom. The Labute approximate surface area is 205 Å². The molecule has 0 atom stereocenters. The molecule has 7 heteroatoms. The zero-order chi connectivity index (χ0) is 22.7. The van der Waals surface area contributed by atoms with Gasteiger partial charge < -0.3 is 9.84 Å². The summed E-state index contributed by atoms with van der Waals surface area (Å²) in [6, 6.07) is 11.5. The Kier molecular flexibility index (Phi) is 7.33. The molecule has 4 nitrogen and oxygen atoms in total. The number of thiophene rings is 1. The summed E-state index contributed by atoms with van der Waals surface area (Å²) in [5, 5.41) is 11.9. The number of halogens is 2. The van der Waals surface area contributed by atoms with Gasteiger partial charge in [-0.2, -0.15) is 0 Å². The van der Waals surface area contributed by atoms with Gasteiger partial charge in [-0.25, -0.2) is 9.79 Å². The largest absolute Gasteiger partial charge is 0.506 e. The zero-order valence-electron chi connectivity index (χ0n) is 17.7. The molecule has 32 heavy (non-hydrogen) atoms. The first kappa shape index (κ1) is 23.0. The van der Waals surface area contributed by atoms with Crippen molar-refractivity contribution in [2.24, 2.45) is 4.99 Å². The number of phenolic OH excluding ortho intramolecular Hbond substituents is 1. The summed E-state index contributed by atoms with van der Waals surface area (Å²) in [5.74, 6) is -0.215. The lowest BCUT2D eigenvalue weighted by Gasteiger charge is -2.11. The Hall–Kier alpha value is -2.15. The average Bonchev–Trinajstić information content (AvgIpc) is 3.15. The van der Waals surface area contributed by atoms with Gasteiger partial charge in [0, 0.05) is 21.7 Å². The Balaban J connectivity index is 1.69. The van der Waals surface area contributed by atoms with Crippen molar-refractivity contribution in [2.45, 2.75) is 39.0 Å². The molecule has 0 radical (unpaired) electrons. The third kappa shape index (κ3) is 4.92. The molecule has 0 amide bonds. The standard InChI is InChI=1S/C25H23BrClNO3S/c1-2-31-25(30)22-18-8-4-6-10-21(18)32-24(22)28-14-17-12-15(13-19(26)23(17)29)11-16-7-3-5-9-20(16)27/h3,5,7,9,12-14,29H,2,4,6,8,10-11H2,1H3. The second kappa shape index (κ2) is 10.2. The number of hydrogen-bond acceptors (Lipinski definition) is 5. The van der Waals surface area contributed by atoms with Crippen molar-refractivity contribution in [1.82, 2.24) is 0 Å². The maximum absolute atomic E-state index is 12.7. The van der Waals surface area contributed by atoms with Crippen LogP contribution in [0.25, 0.3) is 0 Å². The second-order valence-electron chi connectivity index (χ2n) is 7.65. The van der Waals surface area contributed by atoms with Gasteiger partial charge in [0.15, 0.2) is 0 Å². The molecule has 1 heterocycles. The van der Waals surface area contributed by atoms with Crippen LogP contribution in [-0.2, 0) is 24.0 Å². The first-order chi connectivity index (χ1) is 15.5. The van der Waals surface area contributed by atoms with Crippen molar-refractivity contribution in [1.29, 1.82) is 0 Å². The summed E-state index contributed by atoms with van der Waals surface area (Å²) in [4.78, 5) is 18.5. The van der Waals surface area contributed by atoms with Crippen LogP contribution >= 0.6 is 38.9 Å². The molecule has 1 N–H and O–H groups in total. The molecule has 166 valence electrons. The number of aryl methyl sites for hydroxylation is 1. The predicted molar refractivity (Wildman–Crippen MR) is 134 cm³/mol. The number of rotatable bonds is 6. The van der Waals surface area contributed by atoms with Crippen molar-refractivity contribution >= 4 is 56.1 Å². The molecule has 1 aliphatic rings. The third-order valence-electron chi connectivity index (χ3n) is 5.46. The molecule has 2 aromatic carbocycles. The van der Waals surface area contributed by atoms with Gasteiger partial charge in [0.1, 0.15) is 10.8 Å². The Morgan fingerprint density at radius 1 is 1.28 bits per heavy atom. The minimum Gasteiger partial charge on any atom is -0.506 e. The number of ether oxygens (including phenoxy) is 1. The lowest BCUT2D eigenvalue weighted by molar-refractivity contribution is 0.0526. The molecule has 0 spiro atoms. The number of benzene rings is 2. The molecule has 1 aliphatic carbocycles. The first-order valence-corrected chi connectivity index (χ1v) is 12.6. The number of aromatic hydroxyl groups is 1. The van der Waals surface area contributed by atoms with Crippen LogP contribution in [-0.4, -0.2) is 23.9 Å². The number of carbonyl (C=O) groups is 1. The summed E-state index contributed by atoms with van der Waals surface area (Å²) < 4.78 is 5.89. The van der Waals surface area contributed by atoms with Gasteiger partial charge in [0.25, 0.3) is 0 Å². The van der Waals surface area contributed by atoms with E-state index in [0.717, 1.165) is 42.4 Å². The number of aliphatic imine (C=N–C) groups is 1. The van der Waals surface area contributed by atoms with E-state index in [-0.39, 0.29) is 11.7 Å².